The number of hydrogen-bond donors (Lipinski definition) is 1. The van der Waals surface area contributed by atoms with Gasteiger partial charge in [0.15, 0.2) is 0 Å². The van der Waals surface area contributed by atoms with Gasteiger partial charge in [-0.3, -0.25) is 0 Å². The molecule has 0 aliphatic rings. The number of para-hydroxylation sites is 1. The molecular formula is C14H10N2O2S. The summed E-state index contributed by atoms with van der Waals surface area (Å²) in [6.07, 6.45) is 3.52. The fourth-order valence-corrected chi connectivity index (χ4v) is 2.70. The van der Waals surface area contributed by atoms with Gasteiger partial charge in [0.25, 0.3) is 0 Å². The Balaban J connectivity index is 2.02. The Hall–Kier alpha value is -2.40. The molecule has 0 bridgehead atoms. The first-order valence-corrected chi connectivity index (χ1v) is 6.60. The molecule has 5 heteroatoms. The smallest absolute Gasteiger partial charge is 0.337 e. The van der Waals surface area contributed by atoms with E-state index >= 15 is 0 Å². The van der Waals surface area contributed by atoms with E-state index in [2.05, 4.69) is 5.10 Å². The van der Waals surface area contributed by atoms with Gasteiger partial charge >= 0.3 is 5.97 Å². The van der Waals surface area contributed by atoms with E-state index in [1.165, 1.54) is 11.3 Å². The quantitative estimate of drug-likeness (QED) is 0.794. The molecule has 1 aromatic carbocycles. The fraction of sp³-hybridized carbons (Fsp3) is 0. The normalized spacial score (nSPS) is 10.5. The zero-order valence-corrected chi connectivity index (χ0v) is 10.7. The molecule has 0 fully saturated rings. The van der Waals surface area contributed by atoms with Crippen LogP contribution in [0.3, 0.4) is 0 Å². The van der Waals surface area contributed by atoms with Gasteiger partial charge < -0.3 is 5.11 Å². The minimum Gasteiger partial charge on any atom is -0.478 e. The van der Waals surface area contributed by atoms with E-state index in [0.29, 0.717) is 11.1 Å². The predicted octanol–water partition coefficient (Wildman–Crippen LogP) is 3.30. The molecule has 0 aliphatic carbocycles. The molecule has 1 N–H and O–H groups in total. The second-order valence-corrected chi connectivity index (χ2v) is 4.76. The van der Waals surface area contributed by atoms with Crippen LogP contribution in [0.5, 0.6) is 0 Å². The molecule has 0 unspecified atom stereocenters. The maximum atomic E-state index is 11.1. The summed E-state index contributed by atoms with van der Waals surface area (Å²) in [7, 11) is 0. The SMILES string of the molecule is O=C(O)c1cscc1-c1cnn(-c2ccccc2)c1. The molecule has 0 radical (unpaired) electrons. The third-order valence-electron chi connectivity index (χ3n) is 2.81. The van der Waals surface area contributed by atoms with Crippen LogP contribution in [0, 0.1) is 0 Å². The average Bonchev–Trinajstić information content (AvgIpc) is 3.08. The number of carboxylic acids is 1. The zero-order chi connectivity index (χ0) is 13.2. The van der Waals surface area contributed by atoms with Crippen LogP contribution in [0.2, 0.25) is 0 Å². The highest BCUT2D eigenvalue weighted by atomic mass is 32.1. The number of carbonyl (C=O) groups is 1. The summed E-state index contributed by atoms with van der Waals surface area (Å²) in [5.41, 5.74) is 2.78. The molecule has 0 spiro atoms. The molecule has 4 nitrogen and oxygen atoms in total. The van der Waals surface area contributed by atoms with Crippen molar-refractivity contribution >= 4 is 17.3 Å². The van der Waals surface area contributed by atoms with Gasteiger partial charge in [0.1, 0.15) is 0 Å². The summed E-state index contributed by atoms with van der Waals surface area (Å²) >= 11 is 1.38. The van der Waals surface area contributed by atoms with E-state index in [1.807, 2.05) is 41.9 Å². The summed E-state index contributed by atoms with van der Waals surface area (Å²) < 4.78 is 1.73. The van der Waals surface area contributed by atoms with E-state index in [-0.39, 0.29) is 0 Å². The molecule has 3 rings (SSSR count). The van der Waals surface area contributed by atoms with Gasteiger partial charge in [0.2, 0.25) is 0 Å². The van der Waals surface area contributed by atoms with Crippen molar-refractivity contribution in [3.8, 4) is 16.8 Å². The van der Waals surface area contributed by atoms with Gasteiger partial charge in [-0.25, -0.2) is 9.48 Å². The molecule has 0 aliphatic heterocycles. The second kappa shape index (κ2) is 4.70. The Kier molecular flexibility index (Phi) is 2.89. The van der Waals surface area contributed by atoms with Gasteiger partial charge in [-0.1, -0.05) is 18.2 Å². The van der Waals surface area contributed by atoms with E-state index in [0.717, 1.165) is 11.3 Å². The Bertz CT molecular complexity index is 716. The minimum atomic E-state index is -0.913. The molecule has 0 amide bonds. The van der Waals surface area contributed by atoms with Crippen LogP contribution in [0.25, 0.3) is 16.8 Å². The summed E-state index contributed by atoms with van der Waals surface area (Å²) in [6.45, 7) is 0. The lowest BCUT2D eigenvalue weighted by atomic mass is 10.1. The lowest BCUT2D eigenvalue weighted by Gasteiger charge is -1.99. The van der Waals surface area contributed by atoms with Crippen LogP contribution >= 0.6 is 11.3 Å². The average molecular weight is 270 g/mol. The van der Waals surface area contributed by atoms with Crippen LogP contribution in [-0.2, 0) is 0 Å². The first kappa shape index (κ1) is 11.7. The third-order valence-corrected chi connectivity index (χ3v) is 3.55. The molecule has 0 saturated heterocycles. The van der Waals surface area contributed by atoms with Gasteiger partial charge in [0.05, 0.1) is 17.4 Å². The zero-order valence-electron chi connectivity index (χ0n) is 9.85. The lowest BCUT2D eigenvalue weighted by Crippen LogP contribution is -1.95. The van der Waals surface area contributed by atoms with Crippen LogP contribution in [0.1, 0.15) is 10.4 Å². The Morgan fingerprint density at radius 2 is 2.00 bits per heavy atom. The second-order valence-electron chi connectivity index (χ2n) is 4.01. The van der Waals surface area contributed by atoms with Gasteiger partial charge in [-0.15, -0.1) is 0 Å². The number of aromatic carboxylic acids is 1. The lowest BCUT2D eigenvalue weighted by molar-refractivity contribution is 0.0698. The monoisotopic (exact) mass is 270 g/mol. The summed E-state index contributed by atoms with van der Waals surface area (Å²) in [5.74, 6) is -0.913. The highest BCUT2D eigenvalue weighted by Crippen LogP contribution is 2.27. The summed E-state index contributed by atoms with van der Waals surface area (Å²) in [6, 6.07) is 9.70. The maximum Gasteiger partial charge on any atom is 0.337 e. The van der Waals surface area contributed by atoms with Gasteiger partial charge in [0, 0.05) is 22.7 Å². The highest BCUT2D eigenvalue weighted by Gasteiger charge is 2.14. The molecule has 3 aromatic rings. The van der Waals surface area contributed by atoms with Crippen molar-refractivity contribution < 1.29 is 9.90 Å². The first-order chi connectivity index (χ1) is 9.25. The largest absolute Gasteiger partial charge is 0.478 e. The standard InChI is InChI=1S/C14H10N2O2S/c17-14(18)13-9-19-8-12(13)10-6-15-16(7-10)11-4-2-1-3-5-11/h1-9H,(H,17,18). The maximum absolute atomic E-state index is 11.1. The van der Waals surface area contributed by atoms with Crippen LogP contribution in [0.15, 0.2) is 53.5 Å². The first-order valence-electron chi connectivity index (χ1n) is 5.65. The van der Waals surface area contributed by atoms with Crippen LogP contribution < -0.4 is 0 Å². The fourth-order valence-electron chi connectivity index (χ4n) is 1.87. The Labute approximate surface area is 113 Å². The summed E-state index contributed by atoms with van der Waals surface area (Å²) in [5, 5.41) is 16.9. The van der Waals surface area contributed by atoms with Crippen molar-refractivity contribution in [2.75, 3.05) is 0 Å². The van der Waals surface area contributed by atoms with Crippen LogP contribution in [0.4, 0.5) is 0 Å². The molecule has 2 aromatic heterocycles. The minimum absolute atomic E-state index is 0.317. The number of rotatable bonds is 3. The van der Waals surface area contributed by atoms with Gasteiger partial charge in [-0.2, -0.15) is 16.4 Å². The van der Waals surface area contributed by atoms with Crippen molar-refractivity contribution in [2.45, 2.75) is 0 Å². The van der Waals surface area contributed by atoms with E-state index in [1.54, 1.807) is 16.3 Å². The van der Waals surface area contributed by atoms with E-state index in [4.69, 9.17) is 5.11 Å². The highest BCUT2D eigenvalue weighted by molar-refractivity contribution is 7.08. The predicted molar refractivity (Wildman–Crippen MR) is 73.8 cm³/mol. The number of carboxylic acid groups (broad SMARTS) is 1. The van der Waals surface area contributed by atoms with Crippen LogP contribution in [-0.4, -0.2) is 20.9 Å². The van der Waals surface area contributed by atoms with Crippen molar-refractivity contribution in [2.24, 2.45) is 0 Å². The van der Waals surface area contributed by atoms with Crippen molar-refractivity contribution in [3.05, 3.63) is 59.0 Å². The Morgan fingerprint density at radius 3 is 2.74 bits per heavy atom. The third kappa shape index (κ3) is 2.15. The number of nitrogens with zero attached hydrogens (tertiary/aromatic N) is 2. The van der Waals surface area contributed by atoms with Crippen molar-refractivity contribution in [1.82, 2.24) is 9.78 Å². The number of thiophene rings is 1. The number of hydrogen-bond acceptors (Lipinski definition) is 3. The van der Waals surface area contributed by atoms with Crippen molar-refractivity contribution in [1.29, 1.82) is 0 Å². The molecule has 19 heavy (non-hydrogen) atoms. The van der Waals surface area contributed by atoms with Crippen molar-refractivity contribution in [3.63, 3.8) is 0 Å². The molecule has 0 atom stereocenters. The molecule has 94 valence electrons. The molecule has 0 saturated carbocycles. The number of benzene rings is 1. The topological polar surface area (TPSA) is 55.1 Å². The number of aromatic nitrogens is 2. The Morgan fingerprint density at radius 1 is 1.21 bits per heavy atom. The summed E-state index contributed by atoms with van der Waals surface area (Å²) in [4.78, 5) is 11.1. The molecular weight excluding hydrogens is 260 g/mol. The van der Waals surface area contributed by atoms with Gasteiger partial charge in [-0.05, 0) is 17.5 Å². The van der Waals surface area contributed by atoms with E-state index < -0.39 is 5.97 Å². The molecule has 2 heterocycles. The van der Waals surface area contributed by atoms with E-state index in [9.17, 15) is 4.79 Å².